The van der Waals surface area contributed by atoms with Crippen molar-refractivity contribution in [2.45, 2.75) is 26.8 Å². The zero-order valence-corrected chi connectivity index (χ0v) is 10.1. The van der Waals surface area contributed by atoms with Gasteiger partial charge in [-0.15, -0.1) is 0 Å². The van der Waals surface area contributed by atoms with Gasteiger partial charge in [-0.3, -0.25) is 0 Å². The smallest absolute Gasteiger partial charge is 0.119 e. The number of rotatable bonds is 5. The number of hydrogen-bond donors (Lipinski definition) is 1. The first-order valence-corrected chi connectivity index (χ1v) is 5.50. The van der Waals surface area contributed by atoms with Crippen molar-refractivity contribution >= 4 is 0 Å². The summed E-state index contributed by atoms with van der Waals surface area (Å²) < 4.78 is 5.20. The Bertz CT molecular complexity index is 296. The number of benzene rings is 1. The monoisotopic (exact) mass is 207 g/mol. The second kappa shape index (κ2) is 5.76. The summed E-state index contributed by atoms with van der Waals surface area (Å²) >= 11 is 0. The predicted molar refractivity (Wildman–Crippen MR) is 64.2 cm³/mol. The van der Waals surface area contributed by atoms with Gasteiger partial charge in [0.1, 0.15) is 5.75 Å². The maximum absolute atomic E-state index is 5.20. The maximum Gasteiger partial charge on any atom is 0.119 e. The highest BCUT2D eigenvalue weighted by Gasteiger charge is 2.05. The molecule has 1 atom stereocenters. The van der Waals surface area contributed by atoms with Crippen LogP contribution in [0.1, 0.15) is 32.4 Å². The summed E-state index contributed by atoms with van der Waals surface area (Å²) in [5.74, 6) is 1.60. The Kier molecular flexibility index (Phi) is 4.63. The van der Waals surface area contributed by atoms with Gasteiger partial charge in [-0.2, -0.15) is 0 Å². The first-order chi connectivity index (χ1) is 7.13. The summed E-state index contributed by atoms with van der Waals surface area (Å²) in [4.78, 5) is 0. The van der Waals surface area contributed by atoms with Crippen molar-refractivity contribution in [3.63, 3.8) is 0 Å². The SMILES string of the molecule is COc1cccc([C@H](C)NCC(C)C)c1. The number of ether oxygens (including phenoxy) is 1. The minimum atomic E-state index is 0.377. The summed E-state index contributed by atoms with van der Waals surface area (Å²) in [6.07, 6.45) is 0. The van der Waals surface area contributed by atoms with E-state index in [2.05, 4.69) is 38.2 Å². The molecule has 15 heavy (non-hydrogen) atoms. The van der Waals surface area contributed by atoms with E-state index in [4.69, 9.17) is 4.74 Å². The Morgan fingerprint density at radius 1 is 1.27 bits per heavy atom. The molecule has 1 aromatic rings. The molecule has 84 valence electrons. The lowest BCUT2D eigenvalue weighted by Crippen LogP contribution is -2.23. The van der Waals surface area contributed by atoms with Gasteiger partial charge in [0.2, 0.25) is 0 Å². The molecule has 1 rings (SSSR count). The molecule has 0 aliphatic carbocycles. The molecule has 0 radical (unpaired) electrons. The van der Waals surface area contributed by atoms with Gasteiger partial charge >= 0.3 is 0 Å². The summed E-state index contributed by atoms with van der Waals surface area (Å²) in [5.41, 5.74) is 1.27. The molecule has 0 bridgehead atoms. The summed E-state index contributed by atoms with van der Waals surface area (Å²) in [5, 5.41) is 3.49. The van der Waals surface area contributed by atoms with Crippen molar-refractivity contribution in [1.82, 2.24) is 5.32 Å². The van der Waals surface area contributed by atoms with Crippen LogP contribution in [0.25, 0.3) is 0 Å². The third kappa shape index (κ3) is 3.92. The molecule has 0 saturated heterocycles. The quantitative estimate of drug-likeness (QED) is 0.801. The Balaban J connectivity index is 2.60. The van der Waals surface area contributed by atoms with Crippen molar-refractivity contribution in [1.29, 1.82) is 0 Å². The van der Waals surface area contributed by atoms with Crippen molar-refractivity contribution in [2.75, 3.05) is 13.7 Å². The van der Waals surface area contributed by atoms with Crippen LogP contribution in [0, 0.1) is 5.92 Å². The molecule has 0 aliphatic rings. The third-order valence-corrected chi connectivity index (χ3v) is 2.43. The van der Waals surface area contributed by atoms with Crippen molar-refractivity contribution in [2.24, 2.45) is 5.92 Å². The molecule has 1 aromatic carbocycles. The highest BCUT2D eigenvalue weighted by atomic mass is 16.5. The zero-order chi connectivity index (χ0) is 11.3. The molecule has 0 fully saturated rings. The lowest BCUT2D eigenvalue weighted by Gasteiger charge is -2.16. The van der Waals surface area contributed by atoms with E-state index < -0.39 is 0 Å². The fourth-order valence-corrected chi connectivity index (χ4v) is 1.44. The van der Waals surface area contributed by atoms with E-state index in [-0.39, 0.29) is 0 Å². The molecule has 0 aliphatic heterocycles. The molecular weight excluding hydrogens is 186 g/mol. The van der Waals surface area contributed by atoms with Gasteiger partial charge in [0, 0.05) is 6.04 Å². The van der Waals surface area contributed by atoms with E-state index in [1.165, 1.54) is 5.56 Å². The minimum Gasteiger partial charge on any atom is -0.497 e. The molecule has 0 amide bonds. The molecule has 0 spiro atoms. The Morgan fingerprint density at radius 2 is 2.00 bits per heavy atom. The van der Waals surface area contributed by atoms with Crippen LogP contribution in [-0.4, -0.2) is 13.7 Å². The third-order valence-electron chi connectivity index (χ3n) is 2.43. The molecular formula is C13H21NO. The highest BCUT2D eigenvalue weighted by Crippen LogP contribution is 2.18. The summed E-state index contributed by atoms with van der Waals surface area (Å²) in [6.45, 7) is 7.64. The van der Waals surface area contributed by atoms with Crippen LogP contribution < -0.4 is 10.1 Å². The average Bonchev–Trinajstić information content (AvgIpc) is 2.26. The maximum atomic E-state index is 5.20. The van der Waals surface area contributed by atoms with E-state index in [1.807, 2.05) is 12.1 Å². The molecule has 0 heterocycles. The lowest BCUT2D eigenvalue weighted by molar-refractivity contribution is 0.413. The first kappa shape index (κ1) is 12.1. The summed E-state index contributed by atoms with van der Waals surface area (Å²) in [7, 11) is 1.70. The number of nitrogens with one attached hydrogen (secondary N) is 1. The summed E-state index contributed by atoms with van der Waals surface area (Å²) in [6, 6.07) is 8.58. The topological polar surface area (TPSA) is 21.3 Å². The largest absolute Gasteiger partial charge is 0.497 e. The Labute approximate surface area is 92.6 Å². The van der Waals surface area contributed by atoms with Crippen LogP contribution in [-0.2, 0) is 0 Å². The van der Waals surface area contributed by atoms with Crippen LogP contribution in [0.3, 0.4) is 0 Å². The van der Waals surface area contributed by atoms with Gasteiger partial charge in [0.15, 0.2) is 0 Å². The van der Waals surface area contributed by atoms with Gasteiger partial charge in [-0.1, -0.05) is 26.0 Å². The lowest BCUT2D eigenvalue weighted by atomic mass is 10.1. The molecule has 2 heteroatoms. The predicted octanol–water partition coefficient (Wildman–Crippen LogP) is 3.00. The zero-order valence-electron chi connectivity index (χ0n) is 10.1. The number of methoxy groups -OCH3 is 1. The van der Waals surface area contributed by atoms with E-state index in [9.17, 15) is 0 Å². The Morgan fingerprint density at radius 3 is 2.60 bits per heavy atom. The van der Waals surface area contributed by atoms with Gasteiger partial charge in [-0.05, 0) is 37.1 Å². The standard InChI is InChI=1S/C13H21NO/c1-10(2)9-14-11(3)12-6-5-7-13(8-12)15-4/h5-8,10-11,14H,9H2,1-4H3/t11-/m0/s1. The normalized spacial score (nSPS) is 12.9. The highest BCUT2D eigenvalue weighted by molar-refractivity contribution is 5.30. The van der Waals surface area contributed by atoms with Gasteiger partial charge in [0.05, 0.1) is 7.11 Å². The molecule has 0 aromatic heterocycles. The van der Waals surface area contributed by atoms with Crippen LogP contribution in [0.2, 0.25) is 0 Å². The van der Waals surface area contributed by atoms with Crippen LogP contribution in [0.15, 0.2) is 24.3 Å². The fourth-order valence-electron chi connectivity index (χ4n) is 1.44. The first-order valence-electron chi connectivity index (χ1n) is 5.50. The van der Waals surface area contributed by atoms with Crippen molar-refractivity contribution in [3.05, 3.63) is 29.8 Å². The number of hydrogen-bond acceptors (Lipinski definition) is 2. The van der Waals surface area contributed by atoms with Gasteiger partial charge in [-0.25, -0.2) is 0 Å². The van der Waals surface area contributed by atoms with Crippen LogP contribution in [0.5, 0.6) is 5.75 Å². The molecule has 0 saturated carbocycles. The van der Waals surface area contributed by atoms with E-state index in [0.717, 1.165) is 12.3 Å². The second-order valence-electron chi connectivity index (χ2n) is 4.30. The van der Waals surface area contributed by atoms with E-state index in [1.54, 1.807) is 7.11 Å². The fraction of sp³-hybridized carbons (Fsp3) is 0.538. The van der Waals surface area contributed by atoms with E-state index in [0.29, 0.717) is 12.0 Å². The molecule has 0 unspecified atom stereocenters. The van der Waals surface area contributed by atoms with Crippen LogP contribution >= 0.6 is 0 Å². The van der Waals surface area contributed by atoms with Crippen molar-refractivity contribution < 1.29 is 4.74 Å². The van der Waals surface area contributed by atoms with Crippen LogP contribution in [0.4, 0.5) is 0 Å². The van der Waals surface area contributed by atoms with E-state index >= 15 is 0 Å². The van der Waals surface area contributed by atoms with Gasteiger partial charge in [0.25, 0.3) is 0 Å². The molecule has 2 nitrogen and oxygen atoms in total. The molecule has 1 N–H and O–H groups in total. The Hall–Kier alpha value is -1.02. The average molecular weight is 207 g/mol. The van der Waals surface area contributed by atoms with Crippen molar-refractivity contribution in [3.8, 4) is 5.75 Å². The van der Waals surface area contributed by atoms with Gasteiger partial charge < -0.3 is 10.1 Å². The second-order valence-corrected chi connectivity index (χ2v) is 4.30. The minimum absolute atomic E-state index is 0.377.